The summed E-state index contributed by atoms with van der Waals surface area (Å²) in [5, 5.41) is 3.33. The molecule has 0 spiro atoms. The van der Waals surface area contributed by atoms with Crippen LogP contribution < -0.4 is 5.32 Å². The van der Waals surface area contributed by atoms with Crippen LogP contribution in [0.5, 0.6) is 0 Å². The molecule has 0 aromatic heterocycles. The highest BCUT2D eigenvalue weighted by atomic mass is 16.5. The average molecular weight is 263 g/mol. The molecule has 0 saturated carbocycles. The van der Waals surface area contributed by atoms with Crippen LogP contribution in [-0.4, -0.2) is 26.2 Å². The van der Waals surface area contributed by atoms with E-state index in [1.54, 1.807) is 0 Å². The summed E-state index contributed by atoms with van der Waals surface area (Å²) in [5.41, 5.74) is 3.50. The van der Waals surface area contributed by atoms with E-state index in [0.29, 0.717) is 6.54 Å². The van der Waals surface area contributed by atoms with Crippen molar-refractivity contribution in [1.29, 1.82) is 0 Å². The van der Waals surface area contributed by atoms with E-state index in [1.165, 1.54) is 23.8 Å². The minimum Gasteiger partial charge on any atom is -0.469 e. The van der Waals surface area contributed by atoms with E-state index in [4.69, 9.17) is 4.74 Å². The summed E-state index contributed by atoms with van der Waals surface area (Å²) < 4.78 is 4.78. The molecule has 1 aromatic rings. The summed E-state index contributed by atoms with van der Waals surface area (Å²) in [6.45, 7) is 9.52. The van der Waals surface area contributed by atoms with Crippen molar-refractivity contribution < 1.29 is 9.53 Å². The third kappa shape index (κ3) is 4.67. The Labute approximate surface area is 116 Å². The van der Waals surface area contributed by atoms with Crippen molar-refractivity contribution in [2.75, 3.05) is 20.2 Å². The third-order valence-corrected chi connectivity index (χ3v) is 3.37. The zero-order valence-electron chi connectivity index (χ0n) is 12.7. The number of aryl methyl sites for hydroxylation is 2. The van der Waals surface area contributed by atoms with E-state index in [9.17, 15) is 4.79 Å². The molecule has 3 heteroatoms. The van der Waals surface area contributed by atoms with Gasteiger partial charge in [0.25, 0.3) is 0 Å². The van der Waals surface area contributed by atoms with Crippen molar-refractivity contribution in [1.82, 2.24) is 5.32 Å². The van der Waals surface area contributed by atoms with Crippen LogP contribution in [0.25, 0.3) is 0 Å². The topological polar surface area (TPSA) is 38.3 Å². The summed E-state index contributed by atoms with van der Waals surface area (Å²) in [4.78, 5) is 11.5. The Kier molecular flexibility index (Phi) is 5.55. The quantitative estimate of drug-likeness (QED) is 0.633. The van der Waals surface area contributed by atoms with Crippen LogP contribution in [0.1, 0.15) is 30.5 Å². The maximum absolute atomic E-state index is 11.5. The van der Waals surface area contributed by atoms with Gasteiger partial charge in [0.1, 0.15) is 0 Å². The maximum Gasteiger partial charge on any atom is 0.312 e. The van der Waals surface area contributed by atoms with E-state index in [1.807, 2.05) is 13.8 Å². The zero-order valence-corrected chi connectivity index (χ0v) is 12.7. The van der Waals surface area contributed by atoms with Crippen molar-refractivity contribution in [3.05, 3.63) is 34.9 Å². The van der Waals surface area contributed by atoms with Crippen LogP contribution in [0.15, 0.2) is 18.2 Å². The van der Waals surface area contributed by atoms with Crippen molar-refractivity contribution in [2.24, 2.45) is 5.41 Å². The number of methoxy groups -OCH3 is 1. The molecule has 0 bridgehead atoms. The number of ether oxygens (including phenoxy) is 1. The summed E-state index contributed by atoms with van der Waals surface area (Å²) in [6.07, 6.45) is 0.976. The Morgan fingerprint density at radius 1 is 1.32 bits per heavy atom. The maximum atomic E-state index is 11.5. The summed E-state index contributed by atoms with van der Waals surface area (Å²) >= 11 is 0. The Bertz CT molecular complexity index is 438. The van der Waals surface area contributed by atoms with Crippen LogP contribution >= 0.6 is 0 Å². The predicted octanol–water partition coefficient (Wildman–Crippen LogP) is 2.63. The number of hydrogen-bond acceptors (Lipinski definition) is 3. The second-order valence-corrected chi connectivity index (χ2v) is 5.73. The van der Waals surface area contributed by atoms with Gasteiger partial charge in [0.15, 0.2) is 0 Å². The van der Waals surface area contributed by atoms with Gasteiger partial charge in [-0.2, -0.15) is 0 Å². The lowest BCUT2D eigenvalue weighted by molar-refractivity contribution is -0.150. The Hall–Kier alpha value is -1.35. The summed E-state index contributed by atoms with van der Waals surface area (Å²) in [7, 11) is 1.43. The van der Waals surface area contributed by atoms with Crippen LogP contribution in [-0.2, 0) is 16.0 Å². The highest BCUT2D eigenvalue weighted by Gasteiger charge is 2.27. The van der Waals surface area contributed by atoms with Gasteiger partial charge in [0.2, 0.25) is 0 Å². The molecule has 106 valence electrons. The molecule has 0 radical (unpaired) electrons. The van der Waals surface area contributed by atoms with Gasteiger partial charge < -0.3 is 10.1 Å². The third-order valence-electron chi connectivity index (χ3n) is 3.37. The number of carbonyl (C=O) groups is 1. The molecule has 1 rings (SSSR count). The Morgan fingerprint density at radius 2 is 2.00 bits per heavy atom. The first-order chi connectivity index (χ1) is 8.86. The fraction of sp³-hybridized carbons (Fsp3) is 0.562. The monoisotopic (exact) mass is 263 g/mol. The normalized spacial score (nSPS) is 11.4. The molecule has 0 atom stereocenters. The molecule has 0 saturated heterocycles. The van der Waals surface area contributed by atoms with Crippen molar-refractivity contribution >= 4 is 5.97 Å². The van der Waals surface area contributed by atoms with E-state index in [-0.39, 0.29) is 5.97 Å². The van der Waals surface area contributed by atoms with Crippen molar-refractivity contribution in [3.63, 3.8) is 0 Å². The standard InChI is InChI=1S/C16H25NO2/c1-12-6-7-14(13(2)10-12)8-9-17-11-16(3,4)15(18)19-5/h6-7,10,17H,8-9,11H2,1-5H3. The lowest BCUT2D eigenvalue weighted by Gasteiger charge is -2.21. The molecule has 0 aliphatic heterocycles. The predicted molar refractivity (Wildman–Crippen MR) is 78.3 cm³/mol. The molecule has 0 unspecified atom stereocenters. The molecular weight excluding hydrogens is 238 g/mol. The van der Waals surface area contributed by atoms with Gasteiger partial charge in [-0.1, -0.05) is 23.8 Å². The number of benzene rings is 1. The van der Waals surface area contributed by atoms with Crippen LogP contribution in [0.2, 0.25) is 0 Å². The number of esters is 1. The van der Waals surface area contributed by atoms with Crippen molar-refractivity contribution in [3.8, 4) is 0 Å². The molecule has 0 aliphatic carbocycles. The first-order valence-electron chi connectivity index (χ1n) is 6.72. The smallest absolute Gasteiger partial charge is 0.312 e. The lowest BCUT2D eigenvalue weighted by Crippen LogP contribution is -2.37. The van der Waals surface area contributed by atoms with Gasteiger partial charge in [0.05, 0.1) is 12.5 Å². The highest BCUT2D eigenvalue weighted by Crippen LogP contribution is 2.15. The largest absolute Gasteiger partial charge is 0.469 e. The van der Waals surface area contributed by atoms with E-state index < -0.39 is 5.41 Å². The molecular formula is C16H25NO2. The van der Waals surface area contributed by atoms with Crippen LogP contribution in [0.3, 0.4) is 0 Å². The van der Waals surface area contributed by atoms with Gasteiger partial charge in [-0.15, -0.1) is 0 Å². The summed E-state index contributed by atoms with van der Waals surface area (Å²) in [6, 6.07) is 6.52. The fourth-order valence-electron chi connectivity index (χ4n) is 2.10. The molecule has 3 nitrogen and oxygen atoms in total. The van der Waals surface area contributed by atoms with E-state index >= 15 is 0 Å². The minimum absolute atomic E-state index is 0.175. The molecule has 0 amide bonds. The molecule has 0 aliphatic rings. The first kappa shape index (κ1) is 15.7. The van der Waals surface area contributed by atoms with Crippen molar-refractivity contribution in [2.45, 2.75) is 34.1 Å². The van der Waals surface area contributed by atoms with Gasteiger partial charge in [-0.05, 0) is 51.8 Å². The Morgan fingerprint density at radius 3 is 2.58 bits per heavy atom. The Balaban J connectivity index is 2.41. The number of carbonyl (C=O) groups excluding carboxylic acids is 1. The fourth-order valence-corrected chi connectivity index (χ4v) is 2.10. The number of hydrogen-bond donors (Lipinski definition) is 1. The van der Waals surface area contributed by atoms with E-state index in [0.717, 1.165) is 13.0 Å². The first-order valence-corrected chi connectivity index (χ1v) is 6.72. The molecule has 19 heavy (non-hydrogen) atoms. The molecule has 1 aromatic carbocycles. The highest BCUT2D eigenvalue weighted by molar-refractivity contribution is 5.76. The number of rotatable bonds is 6. The van der Waals surface area contributed by atoms with Crippen LogP contribution in [0.4, 0.5) is 0 Å². The average Bonchev–Trinajstić information content (AvgIpc) is 2.35. The number of nitrogens with one attached hydrogen (secondary N) is 1. The van der Waals surface area contributed by atoms with Gasteiger partial charge in [-0.25, -0.2) is 0 Å². The van der Waals surface area contributed by atoms with Gasteiger partial charge in [0, 0.05) is 6.54 Å². The zero-order chi connectivity index (χ0) is 14.5. The molecule has 0 heterocycles. The molecule has 0 fully saturated rings. The second kappa shape index (κ2) is 6.71. The van der Waals surface area contributed by atoms with Gasteiger partial charge >= 0.3 is 5.97 Å². The van der Waals surface area contributed by atoms with E-state index in [2.05, 4.69) is 37.4 Å². The molecule has 1 N–H and O–H groups in total. The lowest BCUT2D eigenvalue weighted by atomic mass is 9.93. The second-order valence-electron chi connectivity index (χ2n) is 5.73. The minimum atomic E-state index is -0.475. The van der Waals surface area contributed by atoms with Crippen LogP contribution in [0, 0.1) is 19.3 Å². The SMILES string of the molecule is COC(=O)C(C)(C)CNCCc1ccc(C)cc1C. The van der Waals surface area contributed by atoms with Gasteiger partial charge in [-0.3, -0.25) is 4.79 Å². The summed E-state index contributed by atoms with van der Waals surface area (Å²) in [5.74, 6) is -0.175.